The number of aliphatic hydroxyl groups excluding tert-OH is 1. The van der Waals surface area contributed by atoms with Gasteiger partial charge in [0.1, 0.15) is 11.9 Å². The molecule has 0 aliphatic carbocycles. The van der Waals surface area contributed by atoms with Gasteiger partial charge < -0.3 is 20.5 Å². The summed E-state index contributed by atoms with van der Waals surface area (Å²) in [5, 5.41) is 16.2. The summed E-state index contributed by atoms with van der Waals surface area (Å²) >= 11 is 1.50. The van der Waals surface area contributed by atoms with Crippen LogP contribution in [0.2, 0.25) is 0 Å². The van der Waals surface area contributed by atoms with Gasteiger partial charge in [-0.3, -0.25) is 0 Å². The Bertz CT molecular complexity index is 878. The van der Waals surface area contributed by atoms with Crippen molar-refractivity contribution >= 4 is 17.4 Å². The lowest BCUT2D eigenvalue weighted by atomic mass is 10.1. The summed E-state index contributed by atoms with van der Waals surface area (Å²) in [6, 6.07) is 21.0. The summed E-state index contributed by atoms with van der Waals surface area (Å²) < 4.78 is 5.13. The van der Waals surface area contributed by atoms with Gasteiger partial charge in [0.05, 0.1) is 13.7 Å². The first-order valence-corrected chi connectivity index (χ1v) is 9.93. The third-order valence-electron chi connectivity index (χ3n) is 4.35. The van der Waals surface area contributed by atoms with Crippen LogP contribution in [0.5, 0.6) is 5.75 Å². The highest BCUT2D eigenvalue weighted by Gasteiger charge is 2.13. The van der Waals surface area contributed by atoms with Crippen LogP contribution in [0, 0.1) is 0 Å². The predicted molar refractivity (Wildman–Crippen MR) is 112 cm³/mol. The Balaban J connectivity index is 1.41. The average Bonchev–Trinajstić information content (AvgIpc) is 3.22. The topological polar surface area (TPSA) is 70.6 Å². The fourth-order valence-corrected chi connectivity index (χ4v) is 3.75. The molecule has 3 N–H and O–H groups in total. The molecule has 3 aromatic rings. The zero-order valence-corrected chi connectivity index (χ0v) is 16.5. The van der Waals surface area contributed by atoms with E-state index in [1.807, 2.05) is 66.7 Å². The second kappa shape index (κ2) is 9.92. The molecule has 3 rings (SSSR count). The maximum absolute atomic E-state index is 12.0. The van der Waals surface area contributed by atoms with E-state index in [2.05, 4.69) is 10.6 Å². The highest BCUT2D eigenvalue weighted by Crippen LogP contribution is 2.28. The molecule has 1 aromatic heterocycles. The Morgan fingerprint density at radius 2 is 1.79 bits per heavy atom. The normalized spacial score (nSPS) is 11.6. The van der Waals surface area contributed by atoms with Crippen molar-refractivity contribution in [2.45, 2.75) is 19.1 Å². The van der Waals surface area contributed by atoms with Gasteiger partial charge in [0.25, 0.3) is 0 Å². The van der Waals surface area contributed by atoms with E-state index in [4.69, 9.17) is 4.74 Å². The molecule has 0 saturated carbocycles. The van der Waals surface area contributed by atoms with Crippen LogP contribution in [0.4, 0.5) is 4.79 Å². The van der Waals surface area contributed by atoms with Gasteiger partial charge in [-0.1, -0.05) is 42.5 Å². The van der Waals surface area contributed by atoms with Gasteiger partial charge in [0.15, 0.2) is 0 Å². The summed E-state index contributed by atoms with van der Waals surface area (Å²) in [6.07, 6.45) is 0.113. The highest BCUT2D eigenvalue weighted by molar-refractivity contribution is 7.12. The van der Waals surface area contributed by atoms with Crippen molar-refractivity contribution < 1.29 is 14.6 Å². The van der Waals surface area contributed by atoms with E-state index in [9.17, 15) is 9.90 Å². The quantitative estimate of drug-likeness (QED) is 0.541. The van der Waals surface area contributed by atoms with Gasteiger partial charge in [0.2, 0.25) is 0 Å². The van der Waals surface area contributed by atoms with E-state index < -0.39 is 6.10 Å². The molecule has 28 heavy (non-hydrogen) atoms. The fourth-order valence-electron chi connectivity index (χ4n) is 2.78. The number of aliphatic hydroxyl groups is 1. The molecule has 0 aliphatic heterocycles. The van der Waals surface area contributed by atoms with Crippen molar-refractivity contribution in [2.24, 2.45) is 0 Å². The maximum Gasteiger partial charge on any atom is 0.315 e. The van der Waals surface area contributed by atoms with Crippen LogP contribution in [0.1, 0.15) is 27.0 Å². The Morgan fingerprint density at radius 1 is 1.04 bits per heavy atom. The average molecular weight is 397 g/mol. The molecule has 0 radical (unpaired) electrons. The molecule has 0 bridgehead atoms. The van der Waals surface area contributed by atoms with Crippen molar-refractivity contribution in [3.8, 4) is 5.75 Å². The molecule has 6 heteroatoms. The van der Waals surface area contributed by atoms with E-state index in [1.54, 1.807) is 7.11 Å². The number of ether oxygens (including phenoxy) is 1. The SMILES string of the molecule is COc1ccc(CCNC(=O)NCc2ccc([C@H](O)c3ccccc3)s2)cc1. The van der Waals surface area contributed by atoms with Crippen LogP contribution in [0.15, 0.2) is 66.7 Å². The number of carbonyl (C=O) groups is 1. The number of carbonyl (C=O) groups excluding carboxylic acids is 1. The summed E-state index contributed by atoms with van der Waals surface area (Å²) in [7, 11) is 1.64. The minimum Gasteiger partial charge on any atom is -0.497 e. The van der Waals surface area contributed by atoms with Crippen LogP contribution < -0.4 is 15.4 Å². The molecule has 1 heterocycles. The number of methoxy groups -OCH3 is 1. The van der Waals surface area contributed by atoms with Crippen molar-refractivity contribution in [1.29, 1.82) is 0 Å². The first kappa shape index (κ1) is 19.9. The Labute approximate surface area is 169 Å². The third kappa shape index (κ3) is 5.58. The first-order valence-electron chi connectivity index (χ1n) is 9.12. The standard InChI is InChI=1S/C22H24N2O3S/c1-27-18-9-7-16(8-10-18)13-14-23-22(26)24-15-19-11-12-20(28-19)21(25)17-5-3-2-4-6-17/h2-12,21,25H,13-15H2,1H3,(H2,23,24,26)/t21-/m1/s1. The van der Waals surface area contributed by atoms with Gasteiger partial charge in [0, 0.05) is 16.3 Å². The van der Waals surface area contributed by atoms with E-state index in [-0.39, 0.29) is 6.03 Å². The number of amides is 2. The Morgan fingerprint density at radius 3 is 2.50 bits per heavy atom. The summed E-state index contributed by atoms with van der Waals surface area (Å²) in [5.41, 5.74) is 2.00. The number of thiophene rings is 1. The van der Waals surface area contributed by atoms with E-state index in [0.29, 0.717) is 13.1 Å². The molecule has 5 nitrogen and oxygen atoms in total. The first-order chi connectivity index (χ1) is 13.7. The summed E-state index contributed by atoms with van der Waals surface area (Å²) in [4.78, 5) is 13.8. The zero-order valence-electron chi connectivity index (χ0n) is 15.7. The fraction of sp³-hybridized carbons (Fsp3) is 0.227. The van der Waals surface area contributed by atoms with E-state index in [0.717, 1.165) is 33.1 Å². The lowest BCUT2D eigenvalue weighted by Gasteiger charge is -2.09. The van der Waals surface area contributed by atoms with Crippen molar-refractivity contribution in [1.82, 2.24) is 10.6 Å². The lowest BCUT2D eigenvalue weighted by molar-refractivity contribution is 0.224. The van der Waals surface area contributed by atoms with Crippen molar-refractivity contribution in [2.75, 3.05) is 13.7 Å². The monoisotopic (exact) mass is 396 g/mol. The predicted octanol–water partition coefficient (Wildman–Crippen LogP) is 3.88. The van der Waals surface area contributed by atoms with Crippen LogP contribution in [-0.2, 0) is 13.0 Å². The van der Waals surface area contributed by atoms with Gasteiger partial charge in [-0.2, -0.15) is 0 Å². The number of nitrogens with one attached hydrogen (secondary N) is 2. The highest BCUT2D eigenvalue weighted by atomic mass is 32.1. The zero-order chi connectivity index (χ0) is 19.8. The number of rotatable bonds is 8. The van der Waals surface area contributed by atoms with Gasteiger partial charge in [-0.25, -0.2) is 4.79 Å². The molecule has 0 aliphatic rings. The summed E-state index contributed by atoms with van der Waals surface area (Å²) in [5.74, 6) is 0.821. The summed E-state index contributed by atoms with van der Waals surface area (Å²) in [6.45, 7) is 0.987. The van der Waals surface area contributed by atoms with Crippen LogP contribution in [0.25, 0.3) is 0 Å². The minimum absolute atomic E-state index is 0.202. The Hall–Kier alpha value is -2.83. The Kier molecular flexibility index (Phi) is 7.06. The molecule has 2 amide bonds. The molecule has 0 spiro atoms. The lowest BCUT2D eigenvalue weighted by Crippen LogP contribution is -2.36. The number of hydrogen-bond donors (Lipinski definition) is 3. The number of hydrogen-bond acceptors (Lipinski definition) is 4. The van der Waals surface area contributed by atoms with Crippen LogP contribution >= 0.6 is 11.3 Å². The molecule has 1 atom stereocenters. The molecule has 2 aromatic carbocycles. The van der Waals surface area contributed by atoms with Gasteiger partial charge in [-0.15, -0.1) is 11.3 Å². The van der Waals surface area contributed by atoms with Gasteiger partial charge >= 0.3 is 6.03 Å². The number of benzene rings is 2. The van der Waals surface area contributed by atoms with Gasteiger partial charge in [-0.05, 0) is 41.8 Å². The molecular formula is C22H24N2O3S. The van der Waals surface area contributed by atoms with Crippen molar-refractivity contribution in [3.63, 3.8) is 0 Å². The molecule has 0 fully saturated rings. The molecule has 146 valence electrons. The molecule has 0 saturated heterocycles. The minimum atomic E-state index is -0.640. The van der Waals surface area contributed by atoms with Crippen LogP contribution in [-0.4, -0.2) is 24.8 Å². The molecular weight excluding hydrogens is 372 g/mol. The third-order valence-corrected chi connectivity index (χ3v) is 5.49. The smallest absolute Gasteiger partial charge is 0.315 e. The molecule has 0 unspecified atom stereocenters. The second-order valence-electron chi connectivity index (χ2n) is 6.32. The van der Waals surface area contributed by atoms with Crippen LogP contribution in [0.3, 0.4) is 0 Å². The maximum atomic E-state index is 12.0. The van der Waals surface area contributed by atoms with E-state index >= 15 is 0 Å². The van der Waals surface area contributed by atoms with Crippen molar-refractivity contribution in [3.05, 3.63) is 87.6 Å². The largest absolute Gasteiger partial charge is 0.497 e. The number of urea groups is 1. The van der Waals surface area contributed by atoms with E-state index in [1.165, 1.54) is 11.3 Å². The second-order valence-corrected chi connectivity index (χ2v) is 7.52.